The average Bonchev–Trinajstić information content (AvgIpc) is 3.11. The summed E-state index contributed by atoms with van der Waals surface area (Å²) in [6.45, 7) is 12.9. The number of hydrogen-bond donors (Lipinski definition) is 13. The maximum atomic E-state index is 13.5. The third-order valence-electron chi connectivity index (χ3n) is 9.44. The van der Waals surface area contributed by atoms with Crippen LogP contribution in [0.15, 0.2) is 0 Å². The molecular weight excluding hydrogens is 818 g/mol. The normalized spacial score (nSPS) is 35.3. The Balaban J connectivity index is 2.02. The maximum Gasteiger partial charge on any atom is 0.408 e. The molecule has 0 aromatic heterocycles. The number of nitrogens with one attached hydrogen (secondary N) is 4. The number of carbonyl (C=O) groups excluding carboxylic acids is 4. The number of nitrogens with two attached hydrogens (primary N) is 1. The summed E-state index contributed by atoms with van der Waals surface area (Å²) in [7, 11) is 0. The molecule has 354 valence electrons. The number of amides is 4. The summed E-state index contributed by atoms with van der Waals surface area (Å²) in [5, 5.41) is 97.1. The van der Waals surface area contributed by atoms with Crippen LogP contribution in [0.4, 0.5) is 14.4 Å². The van der Waals surface area contributed by atoms with Crippen LogP contribution >= 0.6 is 0 Å². The van der Waals surface area contributed by atoms with E-state index in [4.69, 9.17) is 38.9 Å². The third kappa shape index (κ3) is 15.2. The lowest BCUT2D eigenvalue weighted by Gasteiger charge is -2.49. The number of ether oxygens (including phenoxy) is 7. The van der Waals surface area contributed by atoms with Gasteiger partial charge in [-0.05, 0) is 75.2 Å². The first-order valence-electron chi connectivity index (χ1n) is 20.0. The largest absolute Gasteiger partial charge is 0.444 e. The second-order valence-electron chi connectivity index (χ2n) is 18.2. The summed E-state index contributed by atoms with van der Waals surface area (Å²) in [6, 6.07) is -4.42. The van der Waals surface area contributed by atoms with Crippen molar-refractivity contribution in [1.82, 2.24) is 21.3 Å². The molecule has 0 bridgehead atoms. The van der Waals surface area contributed by atoms with Crippen LogP contribution in [0.2, 0.25) is 0 Å². The van der Waals surface area contributed by atoms with Crippen molar-refractivity contribution in [3.8, 4) is 0 Å². The van der Waals surface area contributed by atoms with Gasteiger partial charge in [0.05, 0.1) is 24.7 Å². The molecule has 6 unspecified atom stereocenters. The Morgan fingerprint density at radius 1 is 0.639 bits per heavy atom. The highest BCUT2D eigenvalue weighted by Gasteiger charge is 2.54. The second-order valence-corrected chi connectivity index (χ2v) is 18.2. The minimum atomic E-state index is -2.03. The van der Waals surface area contributed by atoms with Gasteiger partial charge in [0, 0.05) is 13.1 Å². The molecule has 0 aromatic carbocycles. The number of rotatable bonds is 13. The minimum absolute atomic E-state index is 0.220. The zero-order valence-electron chi connectivity index (χ0n) is 35.9. The SMILES string of the molecule is CC(C)(C)OC(=O)NCC[C@H](O)C(=O)N[C@@H]1CC(NC(=O)OC(C)(C)C)[C@@H](O[C@H]2OC(CN)[C@@H](O)[C@H](O)C2O)[C@H](O)C1O[C@H]1OC(CO)[C@@H](O)[C@H](NC(=O)OC(C)(C)C)C1O. The van der Waals surface area contributed by atoms with Crippen molar-refractivity contribution < 1.29 is 93.2 Å². The van der Waals surface area contributed by atoms with Crippen LogP contribution < -0.4 is 27.0 Å². The van der Waals surface area contributed by atoms with Crippen molar-refractivity contribution in [2.75, 3.05) is 19.7 Å². The molecule has 24 nitrogen and oxygen atoms in total. The smallest absolute Gasteiger partial charge is 0.408 e. The van der Waals surface area contributed by atoms with E-state index in [2.05, 4.69) is 21.3 Å². The molecular formula is C37H67N5O19. The fourth-order valence-electron chi connectivity index (χ4n) is 6.68. The quantitative estimate of drug-likeness (QED) is 0.0791. The van der Waals surface area contributed by atoms with Gasteiger partial charge >= 0.3 is 18.3 Å². The number of carbonyl (C=O) groups is 4. The summed E-state index contributed by atoms with van der Waals surface area (Å²) in [6.07, 6.45) is -26.6. The van der Waals surface area contributed by atoms with E-state index in [9.17, 15) is 60.0 Å². The van der Waals surface area contributed by atoms with Crippen LogP contribution in [0.1, 0.15) is 75.2 Å². The topological polar surface area (TPSA) is 369 Å². The molecule has 2 saturated heterocycles. The third-order valence-corrected chi connectivity index (χ3v) is 9.44. The van der Waals surface area contributed by atoms with Gasteiger partial charge < -0.3 is 101 Å². The van der Waals surface area contributed by atoms with Crippen molar-refractivity contribution in [2.24, 2.45) is 5.73 Å². The maximum absolute atomic E-state index is 13.5. The van der Waals surface area contributed by atoms with Crippen LogP contribution in [-0.2, 0) is 38.0 Å². The average molecular weight is 886 g/mol. The molecule has 1 aliphatic carbocycles. The lowest BCUT2D eigenvalue weighted by atomic mass is 9.83. The monoisotopic (exact) mass is 885 g/mol. The molecule has 2 heterocycles. The first-order valence-corrected chi connectivity index (χ1v) is 20.0. The molecule has 16 atom stereocenters. The van der Waals surface area contributed by atoms with Crippen molar-refractivity contribution in [3.63, 3.8) is 0 Å². The van der Waals surface area contributed by atoms with Gasteiger partial charge in [0.1, 0.15) is 83.9 Å². The van der Waals surface area contributed by atoms with Gasteiger partial charge in [-0.2, -0.15) is 0 Å². The lowest BCUT2D eigenvalue weighted by Crippen LogP contribution is -2.70. The number of alkyl carbamates (subject to hydrolysis) is 3. The van der Waals surface area contributed by atoms with E-state index in [1.54, 1.807) is 62.3 Å². The fourth-order valence-corrected chi connectivity index (χ4v) is 6.68. The Bertz CT molecular complexity index is 1460. The van der Waals surface area contributed by atoms with Crippen LogP contribution in [0.3, 0.4) is 0 Å². The molecule has 4 amide bonds. The van der Waals surface area contributed by atoms with Crippen molar-refractivity contribution >= 4 is 24.2 Å². The highest BCUT2D eigenvalue weighted by Crippen LogP contribution is 2.33. The number of hydrogen-bond acceptors (Lipinski definition) is 20. The van der Waals surface area contributed by atoms with Gasteiger partial charge in [0.2, 0.25) is 5.91 Å². The fraction of sp³-hybridized carbons (Fsp3) is 0.892. The predicted molar refractivity (Wildman–Crippen MR) is 207 cm³/mol. The predicted octanol–water partition coefficient (Wildman–Crippen LogP) is -3.73. The summed E-state index contributed by atoms with van der Waals surface area (Å²) in [5.41, 5.74) is 2.84. The molecule has 3 rings (SSSR count). The van der Waals surface area contributed by atoms with Crippen LogP contribution in [-0.4, -0.2) is 199 Å². The Labute approximate surface area is 353 Å². The van der Waals surface area contributed by atoms with E-state index in [-0.39, 0.29) is 19.5 Å². The molecule has 61 heavy (non-hydrogen) atoms. The summed E-state index contributed by atoms with van der Waals surface area (Å²) >= 11 is 0. The van der Waals surface area contributed by atoms with Gasteiger partial charge in [-0.1, -0.05) is 0 Å². The molecule has 14 N–H and O–H groups in total. The van der Waals surface area contributed by atoms with E-state index in [1.807, 2.05) is 0 Å². The highest BCUT2D eigenvalue weighted by atomic mass is 16.7. The van der Waals surface area contributed by atoms with Gasteiger partial charge in [0.25, 0.3) is 0 Å². The van der Waals surface area contributed by atoms with E-state index in [0.717, 1.165) is 0 Å². The Kier molecular flexibility index (Phi) is 18.3. The standard InChI is InChI=1S/C37H67N5O19/c1-35(2,3)59-32(52)39-11-10-17(44)29(51)40-15-12-16(41-33(53)60-36(4,5)6)28(58-31-25(49)24(48)22(46)18(13-38)55-31)26(50)27(15)57-30-23(47)20(21(45)19(14-43)56-30)42-34(54)61-37(7,8)9/h15-28,30-31,43-50H,10-14,38H2,1-9H3,(H,39,52)(H,40,51)(H,41,53)(H,42,54)/t15-,16?,17+,18?,19?,20+,21-,22-,23?,24+,25?,26-,27?,28-,30-,31-/m1/s1. The van der Waals surface area contributed by atoms with E-state index < -0.39 is 152 Å². The van der Waals surface area contributed by atoms with Crippen LogP contribution in [0.25, 0.3) is 0 Å². The van der Waals surface area contributed by atoms with E-state index >= 15 is 0 Å². The Hall–Kier alpha value is -3.24. The second kappa shape index (κ2) is 21.4. The zero-order valence-corrected chi connectivity index (χ0v) is 35.9. The van der Waals surface area contributed by atoms with Crippen LogP contribution in [0, 0.1) is 0 Å². The molecule has 24 heteroatoms. The Morgan fingerprint density at radius 3 is 1.62 bits per heavy atom. The molecule has 0 spiro atoms. The Morgan fingerprint density at radius 2 is 1.11 bits per heavy atom. The number of aliphatic hydroxyl groups is 8. The van der Waals surface area contributed by atoms with E-state index in [0.29, 0.717) is 0 Å². The molecule has 3 aliphatic rings. The zero-order chi connectivity index (χ0) is 46.4. The summed E-state index contributed by atoms with van der Waals surface area (Å²) < 4.78 is 39.3. The first-order chi connectivity index (χ1) is 28.0. The van der Waals surface area contributed by atoms with E-state index in [1.165, 1.54) is 0 Å². The molecule has 0 aromatic rings. The highest BCUT2D eigenvalue weighted by molar-refractivity contribution is 5.81. The van der Waals surface area contributed by atoms with Gasteiger partial charge in [-0.25, -0.2) is 14.4 Å². The van der Waals surface area contributed by atoms with Crippen LogP contribution in [0.5, 0.6) is 0 Å². The van der Waals surface area contributed by atoms with Gasteiger partial charge in [-0.3, -0.25) is 4.79 Å². The molecule has 3 fully saturated rings. The number of aliphatic hydroxyl groups excluding tert-OH is 8. The minimum Gasteiger partial charge on any atom is -0.444 e. The molecule has 1 saturated carbocycles. The van der Waals surface area contributed by atoms with Gasteiger partial charge in [0.15, 0.2) is 12.6 Å². The first kappa shape index (κ1) is 52.1. The summed E-state index contributed by atoms with van der Waals surface area (Å²) in [5.74, 6) is -1.06. The van der Waals surface area contributed by atoms with Crippen molar-refractivity contribution in [2.45, 2.75) is 190 Å². The lowest BCUT2D eigenvalue weighted by molar-refractivity contribution is -0.334. The molecule has 0 radical (unpaired) electrons. The van der Waals surface area contributed by atoms with Gasteiger partial charge in [-0.15, -0.1) is 0 Å². The molecule has 2 aliphatic heterocycles. The van der Waals surface area contributed by atoms with Crippen molar-refractivity contribution in [3.05, 3.63) is 0 Å². The van der Waals surface area contributed by atoms with Crippen molar-refractivity contribution in [1.29, 1.82) is 0 Å². The summed E-state index contributed by atoms with van der Waals surface area (Å²) in [4.78, 5) is 51.6.